The predicted octanol–water partition coefficient (Wildman–Crippen LogP) is 2.45. The summed E-state index contributed by atoms with van der Waals surface area (Å²) in [6, 6.07) is 1.69. The molecule has 1 aromatic carbocycles. The van der Waals surface area contributed by atoms with Crippen LogP contribution >= 0.6 is 0 Å². The summed E-state index contributed by atoms with van der Waals surface area (Å²) >= 11 is 0. The van der Waals surface area contributed by atoms with E-state index in [1.54, 1.807) is 0 Å². The van der Waals surface area contributed by atoms with Gasteiger partial charge < -0.3 is 5.11 Å². The summed E-state index contributed by atoms with van der Waals surface area (Å²) in [5.41, 5.74) is -1.39. The van der Waals surface area contributed by atoms with Crippen LogP contribution in [0.15, 0.2) is 12.1 Å². The van der Waals surface area contributed by atoms with Crippen LogP contribution < -0.4 is 0 Å². The molecular formula is C10H9F2NO4. The molecular weight excluding hydrogens is 236 g/mol. The molecule has 0 radical (unpaired) electrons. The Balaban J connectivity index is 3.34. The molecule has 0 aliphatic rings. The highest BCUT2D eigenvalue weighted by Gasteiger charge is 2.27. The monoisotopic (exact) mass is 245 g/mol. The first kappa shape index (κ1) is 13.0. The van der Waals surface area contributed by atoms with Crippen molar-refractivity contribution in [2.75, 3.05) is 0 Å². The van der Waals surface area contributed by atoms with E-state index in [0.29, 0.717) is 0 Å². The molecule has 0 heterocycles. The van der Waals surface area contributed by atoms with Crippen LogP contribution in [-0.2, 0) is 4.79 Å². The average molecular weight is 245 g/mol. The molecule has 1 rings (SSSR count). The summed E-state index contributed by atoms with van der Waals surface area (Å²) in [5, 5.41) is 19.1. The molecule has 0 saturated carbocycles. The zero-order chi connectivity index (χ0) is 13.2. The predicted molar refractivity (Wildman–Crippen MR) is 53.7 cm³/mol. The molecule has 0 spiro atoms. The third-order valence-corrected chi connectivity index (χ3v) is 2.37. The van der Waals surface area contributed by atoms with Crippen molar-refractivity contribution in [2.45, 2.75) is 19.3 Å². The molecule has 0 aliphatic carbocycles. The van der Waals surface area contributed by atoms with Gasteiger partial charge in [-0.3, -0.25) is 14.9 Å². The Bertz CT molecular complexity index is 476. The summed E-state index contributed by atoms with van der Waals surface area (Å²) < 4.78 is 26.7. The minimum atomic E-state index is -1.63. The molecule has 1 unspecified atom stereocenters. The number of nitrogens with zero attached hydrogens (tertiary/aromatic N) is 1. The molecule has 0 saturated heterocycles. The second-order valence-corrected chi connectivity index (χ2v) is 3.36. The fraction of sp³-hybridized carbons (Fsp3) is 0.300. The standard InChI is InChI=1S/C10H9F2NO4/c1-2-5(10(14)15)6-3-4-7(13(16)17)9(12)8(6)11/h3-5H,2H2,1H3,(H,14,15). The van der Waals surface area contributed by atoms with Crippen LogP contribution in [-0.4, -0.2) is 16.0 Å². The highest BCUT2D eigenvalue weighted by Crippen LogP contribution is 2.29. The van der Waals surface area contributed by atoms with Crippen LogP contribution in [0.1, 0.15) is 24.8 Å². The number of hydrogen-bond donors (Lipinski definition) is 1. The van der Waals surface area contributed by atoms with Crippen LogP contribution in [0.2, 0.25) is 0 Å². The maximum atomic E-state index is 13.5. The number of carboxylic acid groups (broad SMARTS) is 1. The normalized spacial score (nSPS) is 12.2. The van der Waals surface area contributed by atoms with Crippen LogP contribution in [0.25, 0.3) is 0 Å². The molecule has 92 valence electrons. The molecule has 1 atom stereocenters. The van der Waals surface area contributed by atoms with Crippen molar-refractivity contribution in [2.24, 2.45) is 0 Å². The van der Waals surface area contributed by atoms with E-state index < -0.39 is 34.1 Å². The first-order valence-electron chi connectivity index (χ1n) is 4.75. The van der Waals surface area contributed by atoms with Gasteiger partial charge in [0.1, 0.15) is 0 Å². The quantitative estimate of drug-likeness (QED) is 0.652. The van der Waals surface area contributed by atoms with E-state index >= 15 is 0 Å². The number of nitro groups is 1. The van der Waals surface area contributed by atoms with Gasteiger partial charge in [-0.25, -0.2) is 4.39 Å². The summed E-state index contributed by atoms with van der Waals surface area (Å²) in [7, 11) is 0. The lowest BCUT2D eigenvalue weighted by atomic mass is 9.95. The summed E-state index contributed by atoms with van der Waals surface area (Å²) in [6.07, 6.45) is 0.0590. The van der Waals surface area contributed by atoms with Gasteiger partial charge in [-0.15, -0.1) is 0 Å². The summed E-state index contributed by atoms with van der Waals surface area (Å²) in [6.45, 7) is 1.50. The second kappa shape index (κ2) is 4.86. The number of benzene rings is 1. The van der Waals surface area contributed by atoms with Crippen LogP contribution in [0, 0.1) is 21.7 Å². The molecule has 0 aliphatic heterocycles. The van der Waals surface area contributed by atoms with Crippen LogP contribution in [0.5, 0.6) is 0 Å². The zero-order valence-electron chi connectivity index (χ0n) is 8.81. The van der Waals surface area contributed by atoms with Gasteiger partial charge in [0, 0.05) is 11.6 Å². The van der Waals surface area contributed by atoms with Gasteiger partial charge in [-0.1, -0.05) is 6.92 Å². The van der Waals surface area contributed by atoms with E-state index in [4.69, 9.17) is 5.11 Å². The number of rotatable bonds is 4. The Morgan fingerprint density at radius 2 is 2.06 bits per heavy atom. The van der Waals surface area contributed by atoms with Gasteiger partial charge in [0.15, 0.2) is 5.82 Å². The zero-order valence-corrected chi connectivity index (χ0v) is 8.81. The van der Waals surface area contributed by atoms with Crippen molar-refractivity contribution in [1.82, 2.24) is 0 Å². The van der Waals surface area contributed by atoms with E-state index in [2.05, 4.69) is 0 Å². The molecule has 0 fully saturated rings. The van der Waals surface area contributed by atoms with E-state index in [-0.39, 0.29) is 12.0 Å². The number of nitro benzene ring substituents is 1. The van der Waals surface area contributed by atoms with E-state index in [1.165, 1.54) is 6.92 Å². The van der Waals surface area contributed by atoms with Crippen molar-refractivity contribution >= 4 is 11.7 Å². The van der Waals surface area contributed by atoms with E-state index in [0.717, 1.165) is 12.1 Å². The lowest BCUT2D eigenvalue weighted by molar-refractivity contribution is -0.387. The Labute approximate surface area is 94.8 Å². The maximum Gasteiger partial charge on any atom is 0.311 e. The van der Waals surface area contributed by atoms with Crippen LogP contribution in [0.4, 0.5) is 14.5 Å². The molecule has 1 aromatic rings. The fourth-order valence-corrected chi connectivity index (χ4v) is 1.49. The summed E-state index contributed by atoms with van der Waals surface area (Å²) in [5.74, 6) is -5.63. The molecule has 0 amide bonds. The maximum absolute atomic E-state index is 13.5. The highest BCUT2D eigenvalue weighted by molar-refractivity contribution is 5.76. The minimum Gasteiger partial charge on any atom is -0.481 e. The van der Waals surface area contributed by atoms with Gasteiger partial charge in [0.2, 0.25) is 5.82 Å². The summed E-state index contributed by atoms with van der Waals surface area (Å²) in [4.78, 5) is 20.1. The molecule has 0 bridgehead atoms. The Hall–Kier alpha value is -2.05. The van der Waals surface area contributed by atoms with Gasteiger partial charge in [-0.05, 0) is 12.5 Å². The first-order valence-corrected chi connectivity index (χ1v) is 4.75. The Morgan fingerprint density at radius 1 is 1.47 bits per heavy atom. The second-order valence-electron chi connectivity index (χ2n) is 3.36. The molecule has 1 N–H and O–H groups in total. The number of aliphatic carboxylic acids is 1. The van der Waals surface area contributed by atoms with Crippen molar-refractivity contribution in [3.8, 4) is 0 Å². The molecule has 7 heteroatoms. The van der Waals surface area contributed by atoms with Gasteiger partial charge >= 0.3 is 11.7 Å². The average Bonchev–Trinajstić information content (AvgIpc) is 2.24. The smallest absolute Gasteiger partial charge is 0.311 e. The number of halogens is 2. The number of carboxylic acids is 1. The fourth-order valence-electron chi connectivity index (χ4n) is 1.49. The SMILES string of the molecule is CCC(C(=O)O)c1ccc([N+](=O)[O-])c(F)c1F. The number of hydrogen-bond acceptors (Lipinski definition) is 3. The number of carbonyl (C=O) groups is 1. The minimum absolute atomic E-state index is 0.0590. The van der Waals surface area contributed by atoms with Gasteiger partial charge in [0.25, 0.3) is 0 Å². The van der Waals surface area contributed by atoms with Crippen molar-refractivity contribution in [3.63, 3.8) is 0 Å². The Morgan fingerprint density at radius 3 is 2.47 bits per heavy atom. The molecule has 17 heavy (non-hydrogen) atoms. The molecule has 0 aromatic heterocycles. The third-order valence-electron chi connectivity index (χ3n) is 2.37. The largest absolute Gasteiger partial charge is 0.481 e. The van der Waals surface area contributed by atoms with E-state index in [9.17, 15) is 23.7 Å². The van der Waals surface area contributed by atoms with Crippen molar-refractivity contribution in [1.29, 1.82) is 0 Å². The molecule has 5 nitrogen and oxygen atoms in total. The lowest BCUT2D eigenvalue weighted by Crippen LogP contribution is -2.13. The first-order chi connectivity index (χ1) is 7.90. The topological polar surface area (TPSA) is 80.4 Å². The van der Waals surface area contributed by atoms with Gasteiger partial charge in [0.05, 0.1) is 10.8 Å². The Kier molecular flexibility index (Phi) is 3.72. The van der Waals surface area contributed by atoms with Crippen molar-refractivity contribution < 1.29 is 23.6 Å². The van der Waals surface area contributed by atoms with Crippen molar-refractivity contribution in [3.05, 3.63) is 39.4 Å². The van der Waals surface area contributed by atoms with E-state index in [1.807, 2.05) is 0 Å². The highest BCUT2D eigenvalue weighted by atomic mass is 19.2. The lowest BCUT2D eigenvalue weighted by Gasteiger charge is -2.11. The third kappa shape index (κ3) is 2.38. The van der Waals surface area contributed by atoms with Gasteiger partial charge in [-0.2, -0.15) is 4.39 Å². The van der Waals surface area contributed by atoms with Crippen LogP contribution in [0.3, 0.4) is 0 Å².